The molecule has 3 rings (SSSR count). The average Bonchev–Trinajstić information content (AvgIpc) is 2.57. The van der Waals surface area contributed by atoms with Crippen molar-refractivity contribution >= 4 is 5.95 Å². The highest BCUT2D eigenvalue weighted by Crippen LogP contribution is 2.24. The normalized spacial score (nSPS) is 14.7. The van der Waals surface area contributed by atoms with Crippen molar-refractivity contribution in [1.29, 1.82) is 5.26 Å². The summed E-state index contributed by atoms with van der Waals surface area (Å²) in [5, 5.41) is 9.27. The van der Waals surface area contributed by atoms with Crippen molar-refractivity contribution in [3.63, 3.8) is 0 Å². The standard InChI is InChI=1S/C18H20N4/c1-13-6-7-15(10-14(13)2)17-11-16(12-19)20-18(21-17)22-8-4-3-5-9-22/h6-7,10-11H,3-5,8-9H2,1-2H3. The van der Waals surface area contributed by atoms with Crippen LogP contribution in [0.25, 0.3) is 11.3 Å². The lowest BCUT2D eigenvalue weighted by Gasteiger charge is -2.26. The van der Waals surface area contributed by atoms with E-state index in [2.05, 4.69) is 48.0 Å². The number of benzene rings is 1. The number of piperidine rings is 1. The molecular weight excluding hydrogens is 272 g/mol. The molecule has 2 heterocycles. The Hall–Kier alpha value is -2.41. The first-order valence-corrected chi connectivity index (χ1v) is 7.79. The molecule has 22 heavy (non-hydrogen) atoms. The van der Waals surface area contributed by atoms with E-state index in [-0.39, 0.29) is 0 Å². The molecule has 0 spiro atoms. The van der Waals surface area contributed by atoms with Crippen LogP contribution >= 0.6 is 0 Å². The smallest absolute Gasteiger partial charge is 0.227 e. The Morgan fingerprint density at radius 3 is 2.45 bits per heavy atom. The maximum atomic E-state index is 9.27. The zero-order chi connectivity index (χ0) is 15.5. The van der Waals surface area contributed by atoms with Crippen LogP contribution in [0, 0.1) is 25.2 Å². The van der Waals surface area contributed by atoms with Gasteiger partial charge in [0.1, 0.15) is 11.8 Å². The SMILES string of the molecule is Cc1ccc(-c2cc(C#N)nc(N3CCCCC3)n2)cc1C. The highest BCUT2D eigenvalue weighted by Gasteiger charge is 2.16. The van der Waals surface area contributed by atoms with Crippen molar-refractivity contribution in [2.45, 2.75) is 33.1 Å². The second-order valence-electron chi connectivity index (χ2n) is 5.90. The molecule has 1 saturated heterocycles. The highest BCUT2D eigenvalue weighted by molar-refractivity contribution is 5.63. The molecule has 1 aliphatic rings. The van der Waals surface area contributed by atoms with Crippen molar-refractivity contribution in [2.24, 2.45) is 0 Å². The van der Waals surface area contributed by atoms with Crippen LogP contribution in [0.15, 0.2) is 24.3 Å². The van der Waals surface area contributed by atoms with Crippen molar-refractivity contribution in [2.75, 3.05) is 18.0 Å². The second kappa shape index (κ2) is 6.15. The first kappa shape index (κ1) is 14.5. The summed E-state index contributed by atoms with van der Waals surface area (Å²) in [4.78, 5) is 11.3. The van der Waals surface area contributed by atoms with Gasteiger partial charge in [-0.3, -0.25) is 0 Å². The molecule has 1 aliphatic heterocycles. The summed E-state index contributed by atoms with van der Waals surface area (Å²) < 4.78 is 0. The van der Waals surface area contributed by atoms with E-state index in [9.17, 15) is 5.26 Å². The number of anilines is 1. The van der Waals surface area contributed by atoms with Crippen LogP contribution in [0.2, 0.25) is 0 Å². The molecule has 2 aromatic rings. The topological polar surface area (TPSA) is 52.8 Å². The molecule has 0 aliphatic carbocycles. The first-order chi connectivity index (χ1) is 10.7. The third-order valence-electron chi connectivity index (χ3n) is 4.27. The predicted molar refractivity (Wildman–Crippen MR) is 87.7 cm³/mol. The van der Waals surface area contributed by atoms with Gasteiger partial charge in [0.05, 0.1) is 5.69 Å². The monoisotopic (exact) mass is 292 g/mol. The number of rotatable bonds is 2. The molecule has 0 atom stereocenters. The summed E-state index contributed by atoms with van der Waals surface area (Å²) in [6.45, 7) is 6.14. The van der Waals surface area contributed by atoms with Crippen molar-refractivity contribution in [3.05, 3.63) is 41.1 Å². The van der Waals surface area contributed by atoms with Crippen LogP contribution in [-0.2, 0) is 0 Å². The fraction of sp³-hybridized carbons (Fsp3) is 0.389. The van der Waals surface area contributed by atoms with Crippen molar-refractivity contribution < 1.29 is 0 Å². The molecule has 1 aromatic carbocycles. The molecule has 0 N–H and O–H groups in total. The maximum absolute atomic E-state index is 9.27. The average molecular weight is 292 g/mol. The number of aryl methyl sites for hydroxylation is 2. The van der Waals surface area contributed by atoms with Gasteiger partial charge in [0, 0.05) is 24.7 Å². The summed E-state index contributed by atoms with van der Waals surface area (Å²) in [6, 6.07) is 10.2. The van der Waals surface area contributed by atoms with E-state index in [0.717, 1.165) is 24.3 Å². The van der Waals surface area contributed by atoms with Gasteiger partial charge in [-0.25, -0.2) is 9.97 Å². The molecule has 4 nitrogen and oxygen atoms in total. The first-order valence-electron chi connectivity index (χ1n) is 7.79. The van der Waals surface area contributed by atoms with Gasteiger partial charge in [-0.2, -0.15) is 5.26 Å². The molecule has 4 heteroatoms. The van der Waals surface area contributed by atoms with Gasteiger partial charge >= 0.3 is 0 Å². The summed E-state index contributed by atoms with van der Waals surface area (Å²) in [5.41, 5.74) is 4.79. The van der Waals surface area contributed by atoms with E-state index in [1.165, 1.54) is 30.4 Å². The molecular formula is C18H20N4. The molecule has 1 fully saturated rings. The Balaban J connectivity index is 2.03. The highest BCUT2D eigenvalue weighted by atomic mass is 15.3. The number of nitriles is 1. The Kier molecular flexibility index (Phi) is 4.06. The number of hydrogen-bond donors (Lipinski definition) is 0. The van der Waals surface area contributed by atoms with Gasteiger partial charge in [0.2, 0.25) is 5.95 Å². The summed E-state index contributed by atoms with van der Waals surface area (Å²) >= 11 is 0. The lowest BCUT2D eigenvalue weighted by atomic mass is 10.0. The number of nitrogens with zero attached hydrogens (tertiary/aromatic N) is 4. The summed E-state index contributed by atoms with van der Waals surface area (Å²) in [6.07, 6.45) is 3.59. The van der Waals surface area contributed by atoms with E-state index in [0.29, 0.717) is 11.6 Å². The van der Waals surface area contributed by atoms with E-state index in [1.807, 2.05) is 0 Å². The minimum absolute atomic E-state index is 0.434. The Morgan fingerprint density at radius 2 is 1.77 bits per heavy atom. The van der Waals surface area contributed by atoms with Crippen LogP contribution in [0.3, 0.4) is 0 Å². The van der Waals surface area contributed by atoms with E-state index in [1.54, 1.807) is 6.07 Å². The molecule has 0 radical (unpaired) electrons. The minimum atomic E-state index is 0.434. The van der Waals surface area contributed by atoms with Crippen LogP contribution in [-0.4, -0.2) is 23.1 Å². The maximum Gasteiger partial charge on any atom is 0.227 e. The third kappa shape index (κ3) is 2.94. The third-order valence-corrected chi connectivity index (χ3v) is 4.27. The molecule has 0 amide bonds. The molecule has 1 aromatic heterocycles. The molecule has 0 unspecified atom stereocenters. The Labute approximate surface area is 131 Å². The van der Waals surface area contributed by atoms with Gasteiger partial charge < -0.3 is 4.90 Å². The summed E-state index contributed by atoms with van der Waals surface area (Å²) in [7, 11) is 0. The number of aromatic nitrogens is 2. The van der Waals surface area contributed by atoms with Gasteiger partial charge in [0.15, 0.2) is 0 Å². The zero-order valence-electron chi connectivity index (χ0n) is 13.1. The zero-order valence-corrected chi connectivity index (χ0v) is 13.1. The second-order valence-corrected chi connectivity index (χ2v) is 5.90. The van der Waals surface area contributed by atoms with Gasteiger partial charge in [-0.1, -0.05) is 12.1 Å². The lowest BCUT2D eigenvalue weighted by Crippen LogP contribution is -2.31. The van der Waals surface area contributed by atoms with Gasteiger partial charge in [-0.15, -0.1) is 0 Å². The number of hydrogen-bond acceptors (Lipinski definition) is 4. The molecule has 0 saturated carbocycles. The van der Waals surface area contributed by atoms with Crippen LogP contribution in [0.1, 0.15) is 36.1 Å². The van der Waals surface area contributed by atoms with Gasteiger partial charge in [0.25, 0.3) is 0 Å². The predicted octanol–water partition coefficient (Wildman–Crippen LogP) is 3.62. The summed E-state index contributed by atoms with van der Waals surface area (Å²) in [5.74, 6) is 0.687. The van der Waals surface area contributed by atoms with Crippen molar-refractivity contribution in [3.8, 4) is 17.3 Å². The fourth-order valence-electron chi connectivity index (χ4n) is 2.78. The van der Waals surface area contributed by atoms with E-state index < -0.39 is 0 Å². The molecule has 0 bridgehead atoms. The largest absolute Gasteiger partial charge is 0.341 e. The Bertz CT molecular complexity index is 724. The van der Waals surface area contributed by atoms with Crippen LogP contribution < -0.4 is 4.90 Å². The van der Waals surface area contributed by atoms with E-state index >= 15 is 0 Å². The van der Waals surface area contributed by atoms with Crippen LogP contribution in [0.5, 0.6) is 0 Å². The molecule has 112 valence electrons. The Morgan fingerprint density at radius 1 is 1.00 bits per heavy atom. The lowest BCUT2D eigenvalue weighted by molar-refractivity contribution is 0.568. The van der Waals surface area contributed by atoms with E-state index in [4.69, 9.17) is 4.98 Å². The minimum Gasteiger partial charge on any atom is -0.341 e. The fourth-order valence-corrected chi connectivity index (χ4v) is 2.78. The van der Waals surface area contributed by atoms with Crippen molar-refractivity contribution in [1.82, 2.24) is 9.97 Å². The quantitative estimate of drug-likeness (QED) is 0.848. The van der Waals surface area contributed by atoms with Gasteiger partial charge in [-0.05, 0) is 50.3 Å². The van der Waals surface area contributed by atoms with Crippen LogP contribution in [0.4, 0.5) is 5.95 Å².